The van der Waals surface area contributed by atoms with Gasteiger partial charge in [-0.1, -0.05) is 91.0 Å². The van der Waals surface area contributed by atoms with E-state index in [4.69, 9.17) is 10.8 Å². The van der Waals surface area contributed by atoms with Gasteiger partial charge in [-0.25, -0.2) is 0 Å². The number of pyridine rings is 1. The number of nitrogens with two attached hydrogens (primary N) is 1. The summed E-state index contributed by atoms with van der Waals surface area (Å²) in [5, 5.41) is 7.21. The lowest BCUT2D eigenvalue weighted by molar-refractivity contribution is 0.837. The third-order valence-electron chi connectivity index (χ3n) is 7.54. The Labute approximate surface area is 241 Å². The number of hydrazone groups is 1. The average molecular weight is 533 g/mol. The van der Waals surface area contributed by atoms with Gasteiger partial charge in [0.1, 0.15) is 0 Å². The SMILES string of the molecule is Cc1ccccc1C1C=CC(C(N)=CC(=NNc2ccc(-c3ccc4ccccc4c3)cc2)c2cccnc2)=CC1. The number of fused-ring (bicyclic) bond motifs is 1. The van der Waals surface area contributed by atoms with Gasteiger partial charge in [0, 0.05) is 29.6 Å². The van der Waals surface area contributed by atoms with Gasteiger partial charge < -0.3 is 5.73 Å². The fraction of sp³-hybridized carbons (Fsp3) is 0.0811. The lowest BCUT2D eigenvalue weighted by Crippen LogP contribution is -2.10. The van der Waals surface area contributed by atoms with Gasteiger partial charge in [0.05, 0.1) is 11.4 Å². The summed E-state index contributed by atoms with van der Waals surface area (Å²) in [5.41, 5.74) is 19.0. The first kappa shape index (κ1) is 26.0. The zero-order valence-electron chi connectivity index (χ0n) is 23.0. The molecule has 4 aromatic carbocycles. The molecule has 3 N–H and O–H groups in total. The minimum atomic E-state index is 0.360. The fourth-order valence-electron chi connectivity index (χ4n) is 5.22. The van der Waals surface area contributed by atoms with Crippen molar-refractivity contribution in [1.29, 1.82) is 0 Å². The Morgan fingerprint density at radius 2 is 1.66 bits per heavy atom. The molecule has 0 amide bonds. The number of nitrogens with one attached hydrogen (secondary N) is 1. The molecule has 4 nitrogen and oxygen atoms in total. The molecule has 1 atom stereocenters. The van der Waals surface area contributed by atoms with Gasteiger partial charge in [-0.3, -0.25) is 10.4 Å². The molecule has 0 aliphatic heterocycles. The maximum absolute atomic E-state index is 6.61. The molecule has 0 fully saturated rings. The van der Waals surface area contributed by atoms with Crippen LogP contribution in [0.4, 0.5) is 5.69 Å². The summed E-state index contributed by atoms with van der Waals surface area (Å²) < 4.78 is 0. The van der Waals surface area contributed by atoms with Gasteiger partial charge in [0.2, 0.25) is 0 Å². The van der Waals surface area contributed by atoms with E-state index in [1.54, 1.807) is 12.4 Å². The van der Waals surface area contributed by atoms with Crippen molar-refractivity contribution in [3.05, 3.63) is 168 Å². The highest BCUT2D eigenvalue weighted by Gasteiger charge is 2.14. The van der Waals surface area contributed by atoms with Crippen LogP contribution in [0.1, 0.15) is 29.0 Å². The number of hydrogen-bond donors (Lipinski definition) is 2. The van der Waals surface area contributed by atoms with E-state index < -0.39 is 0 Å². The lowest BCUT2D eigenvalue weighted by atomic mass is 9.87. The second kappa shape index (κ2) is 11.9. The molecule has 1 unspecified atom stereocenters. The predicted molar refractivity (Wildman–Crippen MR) is 172 cm³/mol. The Hall–Kier alpha value is -5.22. The molecule has 1 heterocycles. The smallest absolute Gasteiger partial charge is 0.0941 e. The number of aromatic nitrogens is 1. The molecule has 0 saturated heterocycles. The van der Waals surface area contributed by atoms with Crippen LogP contribution in [0.5, 0.6) is 0 Å². The van der Waals surface area contributed by atoms with E-state index >= 15 is 0 Å². The van der Waals surface area contributed by atoms with Crippen LogP contribution in [0.25, 0.3) is 21.9 Å². The summed E-state index contributed by atoms with van der Waals surface area (Å²) in [6.07, 6.45) is 12.9. The highest BCUT2D eigenvalue weighted by atomic mass is 15.3. The van der Waals surface area contributed by atoms with E-state index in [0.29, 0.717) is 17.3 Å². The molecule has 4 heteroatoms. The van der Waals surface area contributed by atoms with E-state index in [1.807, 2.05) is 30.3 Å². The number of allylic oxidation sites excluding steroid dienone is 4. The number of anilines is 1. The van der Waals surface area contributed by atoms with Crippen LogP contribution in [0.3, 0.4) is 0 Å². The average Bonchev–Trinajstić information content (AvgIpc) is 3.04. The minimum absolute atomic E-state index is 0.360. The van der Waals surface area contributed by atoms with Crippen molar-refractivity contribution in [2.75, 3.05) is 5.43 Å². The molecule has 0 bridgehead atoms. The van der Waals surface area contributed by atoms with Gasteiger partial charge in [-0.05, 0) is 88.4 Å². The molecule has 1 aliphatic rings. The van der Waals surface area contributed by atoms with E-state index in [1.165, 1.54) is 27.5 Å². The Balaban J connectivity index is 1.21. The van der Waals surface area contributed by atoms with Crippen molar-refractivity contribution < 1.29 is 0 Å². The van der Waals surface area contributed by atoms with Gasteiger partial charge >= 0.3 is 0 Å². The Morgan fingerprint density at radius 3 is 2.41 bits per heavy atom. The number of rotatable bonds is 7. The summed E-state index contributed by atoms with van der Waals surface area (Å²) >= 11 is 0. The highest BCUT2D eigenvalue weighted by Crippen LogP contribution is 2.30. The third-order valence-corrected chi connectivity index (χ3v) is 7.54. The van der Waals surface area contributed by atoms with Crippen LogP contribution >= 0.6 is 0 Å². The van der Waals surface area contributed by atoms with Crippen LogP contribution in [-0.2, 0) is 0 Å². The van der Waals surface area contributed by atoms with Crippen LogP contribution in [0.15, 0.2) is 156 Å². The van der Waals surface area contributed by atoms with E-state index in [9.17, 15) is 0 Å². The van der Waals surface area contributed by atoms with E-state index in [-0.39, 0.29) is 0 Å². The van der Waals surface area contributed by atoms with Crippen molar-refractivity contribution in [3.63, 3.8) is 0 Å². The van der Waals surface area contributed by atoms with Crippen LogP contribution in [0.2, 0.25) is 0 Å². The standard InChI is InChI=1S/C37H32N4/c1-26-7-2-5-11-35(26)29-13-15-30(16-14-29)36(38)24-37(33-10-6-22-39-25-33)41-40-34-20-18-28(19-21-34)32-17-12-27-8-3-4-9-31(27)23-32/h2-13,15-25,29,40H,14,38H2,1H3. The Kier molecular flexibility index (Phi) is 7.55. The highest BCUT2D eigenvalue weighted by molar-refractivity contribution is 6.09. The van der Waals surface area contributed by atoms with E-state index in [2.05, 4.69) is 114 Å². The van der Waals surface area contributed by atoms with Crippen molar-refractivity contribution >= 4 is 22.2 Å². The molecule has 41 heavy (non-hydrogen) atoms. The number of benzene rings is 4. The first-order chi connectivity index (χ1) is 20.1. The molecular formula is C37H32N4. The van der Waals surface area contributed by atoms with Gasteiger partial charge in [0.15, 0.2) is 0 Å². The van der Waals surface area contributed by atoms with Crippen LogP contribution in [-0.4, -0.2) is 10.7 Å². The number of nitrogens with zero attached hydrogens (tertiary/aromatic N) is 2. The summed E-state index contributed by atoms with van der Waals surface area (Å²) in [5.74, 6) is 0.360. The van der Waals surface area contributed by atoms with Crippen molar-refractivity contribution in [2.45, 2.75) is 19.3 Å². The number of hydrogen-bond acceptors (Lipinski definition) is 4. The molecule has 0 radical (unpaired) electrons. The van der Waals surface area contributed by atoms with Crippen molar-refractivity contribution in [3.8, 4) is 11.1 Å². The maximum Gasteiger partial charge on any atom is 0.0941 e. The van der Waals surface area contributed by atoms with Gasteiger partial charge in [-0.2, -0.15) is 5.10 Å². The van der Waals surface area contributed by atoms with E-state index in [0.717, 1.165) is 28.8 Å². The molecule has 1 aromatic heterocycles. The summed E-state index contributed by atoms with van der Waals surface area (Å²) in [7, 11) is 0. The first-order valence-electron chi connectivity index (χ1n) is 13.9. The zero-order valence-corrected chi connectivity index (χ0v) is 23.0. The molecule has 200 valence electrons. The van der Waals surface area contributed by atoms with Crippen LogP contribution < -0.4 is 11.2 Å². The number of aryl methyl sites for hydroxylation is 1. The summed E-state index contributed by atoms with van der Waals surface area (Å²) in [6.45, 7) is 2.16. The monoisotopic (exact) mass is 532 g/mol. The lowest BCUT2D eigenvalue weighted by Gasteiger charge is -2.19. The Morgan fingerprint density at radius 1 is 0.878 bits per heavy atom. The molecule has 0 saturated carbocycles. The molecule has 6 rings (SSSR count). The minimum Gasteiger partial charge on any atom is -0.398 e. The quantitative estimate of drug-likeness (QED) is 0.163. The first-order valence-corrected chi connectivity index (χ1v) is 13.9. The Bertz CT molecular complexity index is 1790. The predicted octanol–water partition coefficient (Wildman–Crippen LogP) is 8.54. The normalized spacial score (nSPS) is 15.5. The molecule has 1 aliphatic carbocycles. The van der Waals surface area contributed by atoms with Crippen LogP contribution in [0, 0.1) is 6.92 Å². The summed E-state index contributed by atoms with van der Waals surface area (Å²) in [4.78, 5) is 4.29. The second-order valence-electron chi connectivity index (χ2n) is 10.3. The topological polar surface area (TPSA) is 63.3 Å². The maximum atomic E-state index is 6.61. The van der Waals surface area contributed by atoms with Gasteiger partial charge in [0.25, 0.3) is 0 Å². The van der Waals surface area contributed by atoms with Crippen molar-refractivity contribution in [1.82, 2.24) is 4.98 Å². The third kappa shape index (κ3) is 6.02. The molecule has 0 spiro atoms. The van der Waals surface area contributed by atoms with Crippen molar-refractivity contribution in [2.24, 2.45) is 10.8 Å². The molecular weight excluding hydrogens is 500 g/mol. The fourth-order valence-corrected chi connectivity index (χ4v) is 5.22. The summed E-state index contributed by atoms with van der Waals surface area (Å²) in [6, 6.07) is 35.7. The molecule has 5 aromatic rings. The zero-order chi connectivity index (χ0) is 28.0. The second-order valence-corrected chi connectivity index (χ2v) is 10.3. The van der Waals surface area contributed by atoms with Gasteiger partial charge in [-0.15, -0.1) is 0 Å². The largest absolute Gasteiger partial charge is 0.398 e.